The first-order chi connectivity index (χ1) is 9.95. The number of ether oxygens (including phenoxy) is 1. The molecular weight excluding hydrogens is 284 g/mol. The highest BCUT2D eigenvalue weighted by atomic mass is 32.2. The van der Waals surface area contributed by atoms with Gasteiger partial charge in [-0.15, -0.1) is 0 Å². The van der Waals surface area contributed by atoms with Crippen LogP contribution in [0.15, 0.2) is 24.3 Å². The van der Waals surface area contributed by atoms with Crippen LogP contribution in [0.4, 0.5) is 0 Å². The summed E-state index contributed by atoms with van der Waals surface area (Å²) < 4.78 is 5.79. The number of thioether (sulfide) groups is 1. The summed E-state index contributed by atoms with van der Waals surface area (Å²) in [5.74, 6) is 1.57. The molecule has 1 amide bonds. The van der Waals surface area contributed by atoms with Gasteiger partial charge < -0.3 is 15.8 Å². The van der Waals surface area contributed by atoms with Crippen LogP contribution in [0.1, 0.15) is 38.8 Å². The second-order valence-corrected chi connectivity index (χ2v) is 6.31. The van der Waals surface area contributed by atoms with Crippen molar-refractivity contribution in [3.8, 4) is 5.75 Å². The van der Waals surface area contributed by atoms with Gasteiger partial charge in [0.1, 0.15) is 5.75 Å². The van der Waals surface area contributed by atoms with Gasteiger partial charge in [0, 0.05) is 5.56 Å². The Hall–Kier alpha value is -1.20. The molecule has 21 heavy (non-hydrogen) atoms. The molecule has 1 unspecified atom stereocenters. The van der Waals surface area contributed by atoms with E-state index in [0.29, 0.717) is 6.42 Å². The Morgan fingerprint density at radius 3 is 2.62 bits per heavy atom. The monoisotopic (exact) mass is 310 g/mol. The van der Waals surface area contributed by atoms with E-state index in [-0.39, 0.29) is 18.1 Å². The number of amides is 1. The molecule has 1 aromatic carbocycles. The van der Waals surface area contributed by atoms with E-state index in [1.54, 1.807) is 11.8 Å². The molecule has 0 saturated heterocycles. The molecule has 118 valence electrons. The van der Waals surface area contributed by atoms with Crippen molar-refractivity contribution in [3.63, 3.8) is 0 Å². The third-order valence-corrected chi connectivity index (χ3v) is 3.72. The van der Waals surface area contributed by atoms with Gasteiger partial charge in [-0.3, -0.25) is 4.79 Å². The normalized spacial score (nSPS) is 13.8. The molecule has 0 saturated carbocycles. The highest BCUT2D eigenvalue weighted by molar-refractivity contribution is 7.98. The molecule has 0 aliphatic rings. The predicted molar refractivity (Wildman–Crippen MR) is 89.7 cm³/mol. The molecule has 0 bridgehead atoms. The summed E-state index contributed by atoms with van der Waals surface area (Å²) in [6.07, 6.45) is 2.79. The molecular formula is C16H26N2O2S. The standard InChI is InChI=1S/C16H26N2O2S/c1-11(2)20-15-8-6-5-7-13(15)12(3)18-16(19)14(17)9-10-21-4/h5-8,11-12,14H,9-10,17H2,1-4H3,(H,18,19)/t12?,14-/m1/s1. The fourth-order valence-corrected chi connectivity index (χ4v) is 2.46. The number of carbonyl (C=O) groups excluding carboxylic acids is 1. The van der Waals surface area contributed by atoms with Gasteiger partial charge in [-0.1, -0.05) is 18.2 Å². The molecule has 0 radical (unpaired) electrons. The Morgan fingerprint density at radius 2 is 2.00 bits per heavy atom. The largest absolute Gasteiger partial charge is 0.491 e. The summed E-state index contributed by atoms with van der Waals surface area (Å²) in [5, 5.41) is 2.97. The molecule has 2 atom stereocenters. The van der Waals surface area contributed by atoms with Crippen LogP contribution in [-0.2, 0) is 4.79 Å². The summed E-state index contributed by atoms with van der Waals surface area (Å²) in [5.41, 5.74) is 6.86. The Bertz CT molecular complexity index is 452. The molecule has 4 nitrogen and oxygen atoms in total. The van der Waals surface area contributed by atoms with Crippen LogP contribution in [-0.4, -0.2) is 30.1 Å². The molecule has 1 rings (SSSR count). The molecule has 1 aromatic rings. The van der Waals surface area contributed by atoms with Gasteiger partial charge in [0.25, 0.3) is 0 Å². The SMILES string of the molecule is CSCC[C@@H](N)C(=O)NC(C)c1ccccc1OC(C)C. The highest BCUT2D eigenvalue weighted by Gasteiger charge is 2.18. The fourth-order valence-electron chi connectivity index (χ4n) is 1.97. The lowest BCUT2D eigenvalue weighted by Gasteiger charge is -2.21. The van der Waals surface area contributed by atoms with Crippen LogP contribution in [0.2, 0.25) is 0 Å². The fraction of sp³-hybridized carbons (Fsp3) is 0.562. The Balaban J connectivity index is 2.70. The maximum Gasteiger partial charge on any atom is 0.237 e. The van der Waals surface area contributed by atoms with E-state index in [0.717, 1.165) is 17.1 Å². The van der Waals surface area contributed by atoms with Crippen molar-refractivity contribution in [1.29, 1.82) is 0 Å². The van der Waals surface area contributed by atoms with E-state index in [4.69, 9.17) is 10.5 Å². The zero-order chi connectivity index (χ0) is 15.8. The van der Waals surface area contributed by atoms with Crippen molar-refractivity contribution in [2.75, 3.05) is 12.0 Å². The molecule has 5 heteroatoms. The molecule has 3 N–H and O–H groups in total. The van der Waals surface area contributed by atoms with E-state index in [1.165, 1.54) is 0 Å². The van der Waals surface area contributed by atoms with Gasteiger partial charge in [0.05, 0.1) is 18.2 Å². The maximum absolute atomic E-state index is 12.1. The van der Waals surface area contributed by atoms with Crippen LogP contribution in [0.25, 0.3) is 0 Å². The van der Waals surface area contributed by atoms with E-state index in [1.807, 2.05) is 51.3 Å². The van der Waals surface area contributed by atoms with Gasteiger partial charge in [-0.05, 0) is 45.3 Å². The average Bonchev–Trinajstić information content (AvgIpc) is 2.44. The summed E-state index contributed by atoms with van der Waals surface area (Å²) in [6.45, 7) is 5.92. The van der Waals surface area contributed by atoms with Gasteiger partial charge in [-0.25, -0.2) is 0 Å². The second-order valence-electron chi connectivity index (χ2n) is 5.32. The molecule has 0 fully saturated rings. The van der Waals surface area contributed by atoms with Gasteiger partial charge in [0.2, 0.25) is 5.91 Å². The van der Waals surface area contributed by atoms with Crippen molar-refractivity contribution in [1.82, 2.24) is 5.32 Å². The average molecular weight is 310 g/mol. The lowest BCUT2D eigenvalue weighted by molar-refractivity contribution is -0.123. The van der Waals surface area contributed by atoms with E-state index in [2.05, 4.69) is 5.32 Å². The number of hydrogen-bond acceptors (Lipinski definition) is 4. The number of nitrogens with one attached hydrogen (secondary N) is 1. The minimum absolute atomic E-state index is 0.0953. The molecule has 0 aliphatic heterocycles. The number of para-hydroxylation sites is 1. The van der Waals surface area contributed by atoms with Crippen LogP contribution >= 0.6 is 11.8 Å². The first kappa shape index (κ1) is 17.9. The molecule has 0 aliphatic carbocycles. The van der Waals surface area contributed by atoms with Crippen LogP contribution in [0, 0.1) is 0 Å². The third kappa shape index (κ3) is 5.98. The topological polar surface area (TPSA) is 64.4 Å². The van der Waals surface area contributed by atoms with Crippen LogP contribution < -0.4 is 15.8 Å². The number of carbonyl (C=O) groups is 1. The number of nitrogens with two attached hydrogens (primary N) is 1. The Labute approximate surface area is 131 Å². The second kappa shape index (κ2) is 8.95. The van der Waals surface area contributed by atoms with Crippen molar-refractivity contribution in [2.45, 2.75) is 45.4 Å². The maximum atomic E-state index is 12.1. The third-order valence-electron chi connectivity index (χ3n) is 3.08. The van der Waals surface area contributed by atoms with Crippen molar-refractivity contribution in [3.05, 3.63) is 29.8 Å². The number of benzene rings is 1. The minimum atomic E-state index is -0.460. The van der Waals surface area contributed by atoms with Crippen molar-refractivity contribution in [2.24, 2.45) is 5.73 Å². The predicted octanol–water partition coefficient (Wildman–Crippen LogP) is 2.73. The van der Waals surface area contributed by atoms with Crippen molar-refractivity contribution >= 4 is 17.7 Å². The van der Waals surface area contributed by atoms with E-state index in [9.17, 15) is 4.79 Å². The Morgan fingerprint density at radius 1 is 1.33 bits per heavy atom. The highest BCUT2D eigenvalue weighted by Crippen LogP contribution is 2.25. The zero-order valence-electron chi connectivity index (χ0n) is 13.3. The molecule has 0 aromatic heterocycles. The van der Waals surface area contributed by atoms with E-state index < -0.39 is 6.04 Å². The van der Waals surface area contributed by atoms with Gasteiger partial charge in [-0.2, -0.15) is 11.8 Å². The summed E-state index contributed by atoms with van der Waals surface area (Å²) >= 11 is 1.69. The lowest BCUT2D eigenvalue weighted by atomic mass is 10.1. The smallest absolute Gasteiger partial charge is 0.237 e. The van der Waals surface area contributed by atoms with Gasteiger partial charge >= 0.3 is 0 Å². The molecule has 0 spiro atoms. The summed E-state index contributed by atoms with van der Waals surface area (Å²) in [4.78, 5) is 12.1. The van der Waals surface area contributed by atoms with Crippen LogP contribution in [0.3, 0.4) is 0 Å². The quantitative estimate of drug-likeness (QED) is 0.775. The molecule has 0 heterocycles. The zero-order valence-corrected chi connectivity index (χ0v) is 14.1. The summed E-state index contributed by atoms with van der Waals surface area (Å²) in [7, 11) is 0. The Kier molecular flexibility index (Phi) is 7.61. The van der Waals surface area contributed by atoms with E-state index >= 15 is 0 Å². The summed E-state index contributed by atoms with van der Waals surface area (Å²) in [6, 6.07) is 7.17. The minimum Gasteiger partial charge on any atom is -0.491 e. The lowest BCUT2D eigenvalue weighted by Crippen LogP contribution is -2.42. The first-order valence-corrected chi connectivity index (χ1v) is 8.65. The van der Waals surface area contributed by atoms with Gasteiger partial charge in [0.15, 0.2) is 0 Å². The number of hydrogen-bond donors (Lipinski definition) is 2. The van der Waals surface area contributed by atoms with Crippen LogP contribution in [0.5, 0.6) is 5.75 Å². The number of rotatable bonds is 8. The van der Waals surface area contributed by atoms with Crippen molar-refractivity contribution < 1.29 is 9.53 Å². The first-order valence-electron chi connectivity index (χ1n) is 7.26.